The second-order valence-electron chi connectivity index (χ2n) is 8.38. The number of nitrogens with one attached hydrogen (secondary N) is 2. The minimum absolute atomic E-state index is 0.0241. The van der Waals surface area contributed by atoms with Crippen LogP contribution in [0, 0.1) is 6.92 Å². The van der Waals surface area contributed by atoms with Gasteiger partial charge in [0.15, 0.2) is 11.7 Å². The number of sulfonamides is 1. The van der Waals surface area contributed by atoms with Gasteiger partial charge >= 0.3 is 0 Å². The number of amides is 1. The summed E-state index contributed by atoms with van der Waals surface area (Å²) in [5.74, 6) is 0.759. The maximum Gasteiger partial charge on any atom is 0.243 e. The van der Waals surface area contributed by atoms with Gasteiger partial charge in [0.1, 0.15) is 4.90 Å². The van der Waals surface area contributed by atoms with Crippen molar-refractivity contribution in [3.8, 4) is 11.3 Å². The van der Waals surface area contributed by atoms with Crippen LogP contribution >= 0.6 is 0 Å². The van der Waals surface area contributed by atoms with E-state index in [1.807, 2.05) is 31.2 Å². The number of hydrogen-bond donors (Lipinski definition) is 2. The second-order valence-corrected chi connectivity index (χ2v) is 10.0. The SMILES string of the molecule is Cc1ccc(-c2cnc(CCC(=O)Nc3ccccc3S(=O)(=O)NC(C)(C)C)o2)cc1. The number of para-hydroxylation sites is 1. The molecule has 8 heteroatoms. The lowest BCUT2D eigenvalue weighted by molar-refractivity contribution is -0.116. The molecule has 1 heterocycles. The van der Waals surface area contributed by atoms with E-state index in [1.165, 1.54) is 6.07 Å². The first-order chi connectivity index (χ1) is 14.5. The lowest BCUT2D eigenvalue weighted by Crippen LogP contribution is -2.40. The van der Waals surface area contributed by atoms with Crippen LogP contribution in [0.4, 0.5) is 5.69 Å². The smallest absolute Gasteiger partial charge is 0.243 e. The zero-order valence-electron chi connectivity index (χ0n) is 18.1. The van der Waals surface area contributed by atoms with E-state index in [9.17, 15) is 13.2 Å². The second kappa shape index (κ2) is 9.03. The fourth-order valence-electron chi connectivity index (χ4n) is 2.97. The minimum Gasteiger partial charge on any atom is -0.441 e. The summed E-state index contributed by atoms with van der Waals surface area (Å²) in [5.41, 5.74) is 1.66. The van der Waals surface area contributed by atoms with Gasteiger partial charge in [0, 0.05) is 23.9 Å². The summed E-state index contributed by atoms with van der Waals surface area (Å²) in [7, 11) is -3.79. The fraction of sp³-hybridized carbons (Fsp3) is 0.304. The van der Waals surface area contributed by atoms with Crippen LogP contribution in [0.2, 0.25) is 0 Å². The van der Waals surface area contributed by atoms with Crippen LogP contribution in [-0.4, -0.2) is 24.8 Å². The molecule has 0 unspecified atom stereocenters. The molecule has 3 rings (SSSR count). The van der Waals surface area contributed by atoms with Crippen molar-refractivity contribution in [2.75, 3.05) is 5.32 Å². The van der Waals surface area contributed by atoms with Crippen molar-refractivity contribution in [1.29, 1.82) is 0 Å². The highest BCUT2D eigenvalue weighted by Crippen LogP contribution is 2.24. The number of oxazole rings is 1. The highest BCUT2D eigenvalue weighted by atomic mass is 32.2. The zero-order chi connectivity index (χ0) is 22.6. The number of anilines is 1. The molecule has 1 aromatic heterocycles. The molecule has 0 aliphatic carbocycles. The summed E-state index contributed by atoms with van der Waals surface area (Å²) in [5, 5.41) is 2.69. The molecule has 1 amide bonds. The first-order valence-corrected chi connectivity index (χ1v) is 11.5. The van der Waals surface area contributed by atoms with Crippen molar-refractivity contribution < 1.29 is 17.6 Å². The summed E-state index contributed by atoms with van der Waals surface area (Å²) in [6.07, 6.45) is 2.04. The average molecular weight is 442 g/mol. The predicted molar refractivity (Wildman–Crippen MR) is 120 cm³/mol. The highest BCUT2D eigenvalue weighted by Gasteiger charge is 2.25. The summed E-state index contributed by atoms with van der Waals surface area (Å²) in [6, 6.07) is 14.2. The molecule has 164 valence electrons. The lowest BCUT2D eigenvalue weighted by atomic mass is 10.1. The molecule has 0 saturated carbocycles. The number of carbonyl (C=O) groups excluding carboxylic acids is 1. The third-order valence-electron chi connectivity index (χ3n) is 4.35. The van der Waals surface area contributed by atoms with Crippen molar-refractivity contribution in [2.24, 2.45) is 0 Å². The van der Waals surface area contributed by atoms with E-state index in [2.05, 4.69) is 15.0 Å². The van der Waals surface area contributed by atoms with E-state index >= 15 is 0 Å². The van der Waals surface area contributed by atoms with E-state index in [0.717, 1.165) is 11.1 Å². The Labute approximate surface area is 183 Å². The highest BCUT2D eigenvalue weighted by molar-refractivity contribution is 7.89. The van der Waals surface area contributed by atoms with Gasteiger partial charge in [-0.25, -0.2) is 18.1 Å². The first-order valence-electron chi connectivity index (χ1n) is 9.98. The largest absolute Gasteiger partial charge is 0.441 e. The Morgan fingerprint density at radius 3 is 2.42 bits per heavy atom. The Hall–Kier alpha value is -2.97. The number of aromatic nitrogens is 1. The summed E-state index contributed by atoms with van der Waals surface area (Å²) in [6.45, 7) is 7.28. The summed E-state index contributed by atoms with van der Waals surface area (Å²) >= 11 is 0. The van der Waals surface area contributed by atoms with E-state index in [0.29, 0.717) is 18.1 Å². The number of aryl methyl sites for hydroxylation is 2. The molecule has 31 heavy (non-hydrogen) atoms. The first kappa shape index (κ1) is 22.7. The Kier molecular flexibility index (Phi) is 6.62. The van der Waals surface area contributed by atoms with Gasteiger partial charge in [0.05, 0.1) is 11.9 Å². The van der Waals surface area contributed by atoms with Crippen LogP contribution < -0.4 is 10.0 Å². The molecular weight excluding hydrogens is 414 g/mol. The van der Waals surface area contributed by atoms with Gasteiger partial charge in [-0.3, -0.25) is 4.79 Å². The third kappa shape index (κ3) is 6.26. The molecule has 2 N–H and O–H groups in total. The molecular formula is C23H27N3O4S. The van der Waals surface area contributed by atoms with Crippen molar-refractivity contribution in [1.82, 2.24) is 9.71 Å². The van der Waals surface area contributed by atoms with Crippen LogP contribution in [0.5, 0.6) is 0 Å². The summed E-state index contributed by atoms with van der Waals surface area (Å²) in [4.78, 5) is 16.7. The van der Waals surface area contributed by atoms with Crippen molar-refractivity contribution >= 4 is 21.6 Å². The normalized spacial score (nSPS) is 12.0. The Bertz CT molecular complexity index is 1160. The van der Waals surface area contributed by atoms with Gasteiger partial charge in [0.2, 0.25) is 15.9 Å². The standard InChI is InChI=1S/C23H27N3O4S/c1-16-9-11-17(12-10-16)19-15-24-22(30-19)14-13-21(27)25-18-7-5-6-8-20(18)31(28,29)26-23(2,3)4/h5-12,15,26H,13-14H2,1-4H3,(H,25,27). The van der Waals surface area contributed by atoms with Gasteiger partial charge in [-0.2, -0.15) is 0 Å². The third-order valence-corrected chi connectivity index (χ3v) is 6.16. The number of hydrogen-bond acceptors (Lipinski definition) is 5. The molecule has 0 atom stereocenters. The number of rotatable bonds is 7. The summed E-state index contributed by atoms with van der Waals surface area (Å²) < 4.78 is 33.7. The zero-order valence-corrected chi connectivity index (χ0v) is 18.9. The number of carbonyl (C=O) groups is 1. The molecule has 2 aromatic carbocycles. The van der Waals surface area contributed by atoms with E-state index in [1.54, 1.807) is 45.2 Å². The number of nitrogens with zero attached hydrogens (tertiary/aromatic N) is 1. The molecule has 0 aliphatic rings. The molecule has 0 radical (unpaired) electrons. The molecule has 3 aromatic rings. The van der Waals surface area contributed by atoms with Gasteiger partial charge in [0.25, 0.3) is 0 Å². The van der Waals surface area contributed by atoms with Crippen LogP contribution in [0.15, 0.2) is 64.0 Å². The van der Waals surface area contributed by atoms with Crippen LogP contribution in [0.3, 0.4) is 0 Å². The lowest BCUT2D eigenvalue weighted by Gasteiger charge is -2.21. The fourth-order valence-corrected chi connectivity index (χ4v) is 4.56. The minimum atomic E-state index is -3.79. The average Bonchev–Trinajstić information content (AvgIpc) is 3.14. The predicted octanol–water partition coefficient (Wildman–Crippen LogP) is 4.30. The topological polar surface area (TPSA) is 101 Å². The molecule has 0 bridgehead atoms. The van der Waals surface area contributed by atoms with E-state index in [-0.39, 0.29) is 22.9 Å². The maximum absolute atomic E-state index is 12.7. The quantitative estimate of drug-likeness (QED) is 0.569. The van der Waals surface area contributed by atoms with Crippen LogP contribution in [0.25, 0.3) is 11.3 Å². The molecule has 0 saturated heterocycles. The van der Waals surface area contributed by atoms with Crippen LogP contribution in [-0.2, 0) is 21.2 Å². The van der Waals surface area contributed by atoms with Crippen LogP contribution in [0.1, 0.15) is 38.6 Å². The van der Waals surface area contributed by atoms with Gasteiger partial charge in [-0.05, 0) is 39.8 Å². The Morgan fingerprint density at radius 1 is 1.06 bits per heavy atom. The van der Waals surface area contributed by atoms with Crippen molar-refractivity contribution in [3.63, 3.8) is 0 Å². The molecule has 0 aliphatic heterocycles. The van der Waals surface area contributed by atoms with Crippen molar-refractivity contribution in [2.45, 2.75) is 51.0 Å². The van der Waals surface area contributed by atoms with Gasteiger partial charge in [-0.1, -0.05) is 42.0 Å². The molecule has 0 fully saturated rings. The van der Waals surface area contributed by atoms with Gasteiger partial charge < -0.3 is 9.73 Å². The van der Waals surface area contributed by atoms with E-state index < -0.39 is 15.6 Å². The Balaban J connectivity index is 1.65. The van der Waals surface area contributed by atoms with E-state index in [4.69, 9.17) is 4.42 Å². The Morgan fingerprint density at radius 2 is 1.74 bits per heavy atom. The van der Waals surface area contributed by atoms with Crippen molar-refractivity contribution in [3.05, 3.63) is 66.2 Å². The van der Waals surface area contributed by atoms with Gasteiger partial charge in [-0.15, -0.1) is 0 Å². The molecule has 0 spiro atoms. The number of benzene rings is 2. The monoisotopic (exact) mass is 441 g/mol. The molecule has 7 nitrogen and oxygen atoms in total. The maximum atomic E-state index is 12.7.